The van der Waals surface area contributed by atoms with Crippen molar-refractivity contribution in [1.29, 1.82) is 0 Å². The van der Waals surface area contributed by atoms with E-state index in [9.17, 15) is 14.4 Å². The molecule has 0 spiro atoms. The first-order valence-corrected chi connectivity index (χ1v) is 12.7. The molecule has 35 heavy (non-hydrogen) atoms. The van der Waals surface area contributed by atoms with Crippen LogP contribution in [0.15, 0.2) is 23.1 Å². The molecular formula is C26H37FN4O4. The van der Waals surface area contributed by atoms with Crippen molar-refractivity contribution < 1.29 is 18.7 Å². The van der Waals surface area contributed by atoms with Gasteiger partial charge < -0.3 is 25.3 Å². The van der Waals surface area contributed by atoms with Gasteiger partial charge in [0.1, 0.15) is 11.5 Å². The first kappa shape index (κ1) is 26.5. The molecule has 3 rings (SSSR count). The van der Waals surface area contributed by atoms with Crippen LogP contribution in [0.25, 0.3) is 10.9 Å². The molecular weight excluding hydrogens is 451 g/mol. The first-order valence-electron chi connectivity index (χ1n) is 12.7. The van der Waals surface area contributed by atoms with Gasteiger partial charge in [0.05, 0.1) is 29.6 Å². The van der Waals surface area contributed by atoms with Crippen molar-refractivity contribution in [3.05, 3.63) is 34.4 Å². The van der Waals surface area contributed by atoms with Crippen molar-refractivity contribution >= 4 is 34.3 Å². The van der Waals surface area contributed by atoms with Crippen molar-refractivity contribution in [3.8, 4) is 0 Å². The van der Waals surface area contributed by atoms with Crippen molar-refractivity contribution in [1.82, 2.24) is 9.88 Å². The van der Waals surface area contributed by atoms with E-state index < -0.39 is 23.2 Å². The van der Waals surface area contributed by atoms with Gasteiger partial charge in [0, 0.05) is 24.8 Å². The zero-order valence-electron chi connectivity index (χ0n) is 20.9. The quantitative estimate of drug-likeness (QED) is 0.393. The van der Waals surface area contributed by atoms with Crippen LogP contribution in [0.2, 0.25) is 0 Å². The van der Waals surface area contributed by atoms with Gasteiger partial charge in [-0.3, -0.25) is 9.59 Å². The molecule has 0 radical (unpaired) electrons. The normalized spacial score (nSPS) is 14.2. The lowest BCUT2D eigenvalue weighted by Gasteiger charge is -2.25. The highest BCUT2D eigenvalue weighted by Crippen LogP contribution is 2.29. The summed E-state index contributed by atoms with van der Waals surface area (Å²) in [5, 5.41) is 8.69. The molecule has 3 N–H and O–H groups in total. The zero-order valence-corrected chi connectivity index (χ0v) is 20.9. The Kier molecular flexibility index (Phi) is 9.51. The molecule has 0 aliphatic heterocycles. The molecule has 1 aliphatic carbocycles. The van der Waals surface area contributed by atoms with Gasteiger partial charge >= 0.3 is 12.0 Å². The molecule has 0 bridgehead atoms. The van der Waals surface area contributed by atoms with Crippen LogP contribution >= 0.6 is 0 Å². The first-order chi connectivity index (χ1) is 16.9. The second-order valence-corrected chi connectivity index (χ2v) is 9.01. The van der Waals surface area contributed by atoms with E-state index in [1.165, 1.54) is 12.5 Å². The largest absolute Gasteiger partial charge is 0.466 e. The van der Waals surface area contributed by atoms with Gasteiger partial charge in [-0.2, -0.15) is 0 Å². The maximum atomic E-state index is 15.1. The van der Waals surface area contributed by atoms with Gasteiger partial charge in [-0.15, -0.1) is 0 Å². The number of benzene rings is 1. The highest BCUT2D eigenvalue weighted by molar-refractivity contribution is 5.93. The monoisotopic (exact) mass is 488 g/mol. The number of pyridine rings is 1. The third kappa shape index (κ3) is 6.74. The summed E-state index contributed by atoms with van der Waals surface area (Å²) < 4.78 is 21.9. The summed E-state index contributed by atoms with van der Waals surface area (Å²) in [4.78, 5) is 37.1. The summed E-state index contributed by atoms with van der Waals surface area (Å²) in [6.07, 6.45) is 8.75. The summed E-state index contributed by atoms with van der Waals surface area (Å²) >= 11 is 0. The number of nitrogens with zero attached hydrogens (tertiary/aromatic N) is 1. The third-order valence-corrected chi connectivity index (χ3v) is 6.59. The van der Waals surface area contributed by atoms with E-state index in [1.807, 2.05) is 4.57 Å². The van der Waals surface area contributed by atoms with E-state index in [0.717, 1.165) is 38.5 Å². The molecule has 1 heterocycles. The number of rotatable bonds is 10. The Morgan fingerprint density at radius 1 is 1.11 bits per heavy atom. The average molecular weight is 489 g/mol. The fourth-order valence-electron chi connectivity index (χ4n) is 4.70. The van der Waals surface area contributed by atoms with Gasteiger partial charge in [0.25, 0.3) is 0 Å². The standard InChI is InChI=1S/C26H37FN4O4/c1-4-18(5-2)31-16-22(30-26(34)28-13-12-24(32)35-6-3)25(33)19-14-20(27)21(15-23(19)31)29-17-10-8-7-9-11-17/h14-18,29H,4-13H2,1-3H3,(H2,28,30,34). The third-order valence-electron chi connectivity index (χ3n) is 6.59. The second-order valence-electron chi connectivity index (χ2n) is 9.01. The fraction of sp³-hybridized carbons (Fsp3) is 0.577. The number of urea groups is 1. The molecule has 0 unspecified atom stereocenters. The summed E-state index contributed by atoms with van der Waals surface area (Å²) in [5.41, 5.74) is 0.647. The van der Waals surface area contributed by atoms with E-state index >= 15 is 4.39 Å². The van der Waals surface area contributed by atoms with Crippen LogP contribution in [0.5, 0.6) is 0 Å². The minimum atomic E-state index is -0.613. The van der Waals surface area contributed by atoms with Crippen LogP contribution in [-0.4, -0.2) is 35.8 Å². The van der Waals surface area contributed by atoms with Crippen molar-refractivity contribution in [2.75, 3.05) is 23.8 Å². The van der Waals surface area contributed by atoms with Crippen LogP contribution < -0.4 is 21.4 Å². The molecule has 2 amide bonds. The molecule has 1 aromatic carbocycles. The number of hydrogen-bond donors (Lipinski definition) is 3. The minimum Gasteiger partial charge on any atom is -0.466 e. The Morgan fingerprint density at radius 3 is 2.49 bits per heavy atom. The molecule has 1 saturated carbocycles. The van der Waals surface area contributed by atoms with Gasteiger partial charge in [-0.25, -0.2) is 9.18 Å². The highest BCUT2D eigenvalue weighted by Gasteiger charge is 2.20. The molecule has 0 saturated heterocycles. The Morgan fingerprint density at radius 2 is 1.83 bits per heavy atom. The van der Waals surface area contributed by atoms with E-state index in [1.54, 1.807) is 19.2 Å². The van der Waals surface area contributed by atoms with E-state index in [-0.39, 0.29) is 42.7 Å². The summed E-state index contributed by atoms with van der Waals surface area (Å²) in [7, 11) is 0. The number of carbonyl (C=O) groups is 2. The van der Waals surface area contributed by atoms with Gasteiger partial charge in [-0.05, 0) is 44.7 Å². The van der Waals surface area contributed by atoms with Gasteiger partial charge in [0.2, 0.25) is 5.43 Å². The van der Waals surface area contributed by atoms with E-state index in [2.05, 4.69) is 29.8 Å². The SMILES string of the molecule is CCOC(=O)CCNC(=O)Nc1cn(C(CC)CC)c2cc(NC3CCCCC3)c(F)cc2c1=O. The Balaban J connectivity index is 1.91. The molecule has 1 aliphatic rings. The number of anilines is 2. The second kappa shape index (κ2) is 12.6. The lowest BCUT2D eigenvalue weighted by atomic mass is 9.95. The topological polar surface area (TPSA) is 101 Å². The number of nitrogens with one attached hydrogen (secondary N) is 3. The predicted molar refractivity (Wildman–Crippen MR) is 137 cm³/mol. The van der Waals surface area contributed by atoms with E-state index in [0.29, 0.717) is 11.2 Å². The lowest BCUT2D eigenvalue weighted by Crippen LogP contribution is -2.33. The average Bonchev–Trinajstić information content (AvgIpc) is 2.84. The molecule has 1 aromatic heterocycles. The molecule has 9 heteroatoms. The van der Waals surface area contributed by atoms with Crippen molar-refractivity contribution in [2.45, 2.75) is 84.2 Å². The smallest absolute Gasteiger partial charge is 0.319 e. The number of carbonyl (C=O) groups excluding carboxylic acids is 2. The molecule has 192 valence electrons. The number of hydrogen-bond acceptors (Lipinski definition) is 5. The highest BCUT2D eigenvalue weighted by atomic mass is 19.1. The number of ether oxygens (including phenoxy) is 1. The zero-order chi connectivity index (χ0) is 25.4. The molecule has 0 atom stereocenters. The summed E-state index contributed by atoms with van der Waals surface area (Å²) in [5.74, 6) is -0.894. The van der Waals surface area contributed by atoms with Crippen LogP contribution in [-0.2, 0) is 9.53 Å². The summed E-state index contributed by atoms with van der Waals surface area (Å²) in [6, 6.07) is 2.67. The Hall–Kier alpha value is -3.10. The maximum Gasteiger partial charge on any atom is 0.319 e. The Bertz CT molecular complexity index is 1090. The Labute approximate surface area is 205 Å². The van der Waals surface area contributed by atoms with Gasteiger partial charge in [0.15, 0.2) is 0 Å². The maximum absolute atomic E-state index is 15.1. The number of amides is 2. The minimum absolute atomic E-state index is 0.0267. The number of esters is 1. The van der Waals surface area contributed by atoms with Gasteiger partial charge in [-0.1, -0.05) is 33.1 Å². The van der Waals surface area contributed by atoms with Crippen LogP contribution in [0.4, 0.5) is 20.6 Å². The molecule has 8 nitrogen and oxygen atoms in total. The number of fused-ring (bicyclic) bond motifs is 1. The predicted octanol–water partition coefficient (Wildman–Crippen LogP) is 5.32. The van der Waals surface area contributed by atoms with Crippen molar-refractivity contribution in [2.24, 2.45) is 0 Å². The fourth-order valence-corrected chi connectivity index (χ4v) is 4.70. The number of halogens is 1. The van der Waals surface area contributed by atoms with Crippen molar-refractivity contribution in [3.63, 3.8) is 0 Å². The molecule has 2 aromatic rings. The molecule has 1 fully saturated rings. The number of aromatic nitrogens is 1. The van der Waals surface area contributed by atoms with Crippen LogP contribution in [0.3, 0.4) is 0 Å². The summed E-state index contributed by atoms with van der Waals surface area (Å²) in [6.45, 7) is 6.16. The van der Waals surface area contributed by atoms with Crippen LogP contribution in [0.1, 0.15) is 78.2 Å². The van der Waals surface area contributed by atoms with E-state index in [4.69, 9.17) is 4.74 Å². The van der Waals surface area contributed by atoms with Crippen LogP contribution in [0, 0.1) is 5.82 Å². The lowest BCUT2D eigenvalue weighted by molar-refractivity contribution is -0.142.